The van der Waals surface area contributed by atoms with Crippen LogP contribution in [0, 0.1) is 0 Å². The molecule has 0 saturated carbocycles. The third kappa shape index (κ3) is 9.92. The van der Waals surface area contributed by atoms with Gasteiger partial charge in [-0.25, -0.2) is 0 Å². The third-order valence-electron chi connectivity index (χ3n) is 2.91. The fourth-order valence-electron chi connectivity index (χ4n) is 0.849. The molecule has 96 valence electrons. The van der Waals surface area contributed by atoms with E-state index < -0.39 is 15.3 Å². The second-order valence-corrected chi connectivity index (χ2v) is 10.3. The van der Waals surface area contributed by atoms with Gasteiger partial charge in [0.2, 0.25) is 0 Å². The second kappa shape index (κ2) is 7.87. The molecular weight excluding hydrogens is 271 g/mol. The third-order valence-corrected chi connectivity index (χ3v) is 7.45. The first-order valence-corrected chi connectivity index (χ1v) is 8.38. The van der Waals surface area contributed by atoms with Crippen LogP contribution in [0.25, 0.3) is 0 Å². The Morgan fingerprint density at radius 3 is 2.00 bits per heavy atom. The zero-order valence-electron chi connectivity index (χ0n) is 11.7. The van der Waals surface area contributed by atoms with E-state index in [4.69, 9.17) is 4.43 Å². The molecule has 0 amide bonds. The van der Waals surface area contributed by atoms with Crippen molar-refractivity contribution < 1.29 is 68.8 Å². The molecule has 0 unspecified atom stereocenters. The van der Waals surface area contributed by atoms with Gasteiger partial charge in [-0.05, 0) is 24.6 Å². The maximum absolute atomic E-state index is 11.8. The van der Waals surface area contributed by atoms with Crippen molar-refractivity contribution in [1.82, 2.24) is 0 Å². The topological polar surface area (TPSA) is 9.23 Å². The molecule has 0 aliphatic carbocycles. The molecule has 0 N–H and O–H groups in total. The van der Waals surface area contributed by atoms with Gasteiger partial charge in [0.05, 0.1) is 0 Å². The fourth-order valence-corrected chi connectivity index (χ4v) is 1.91. The monoisotopic (exact) mass is 292 g/mol. The molecule has 0 aromatic heterocycles. The molecule has 0 atom stereocenters. The minimum atomic E-state index is -4.80. The Bertz CT molecular complexity index is 249. The predicted octanol–water partition coefficient (Wildman–Crippen LogP) is 1.35. The summed E-state index contributed by atoms with van der Waals surface area (Å²) < 4.78 is 41.3. The number of hydrogen-bond acceptors (Lipinski definition) is 1. The van der Waals surface area contributed by atoms with E-state index in [0.717, 1.165) is 6.08 Å². The Balaban J connectivity index is 0. The van der Waals surface area contributed by atoms with E-state index in [2.05, 4.69) is 33.9 Å². The van der Waals surface area contributed by atoms with Gasteiger partial charge in [-0.15, -0.1) is 12.1 Å². The van der Waals surface area contributed by atoms with E-state index in [1.165, 1.54) is 0 Å². The molecule has 0 aromatic carbocycles. The SMILES string of the molecule is CC(C)(C)[Si](C)(C)OCC/C=C/[B-](F)(F)F.[K+]. The Hall–Kier alpha value is 1.41. The van der Waals surface area contributed by atoms with Crippen LogP contribution in [0.4, 0.5) is 12.9 Å². The molecule has 0 aromatic rings. The second-order valence-electron chi connectivity index (χ2n) is 5.45. The summed E-state index contributed by atoms with van der Waals surface area (Å²) in [6.45, 7) is 6.07. The number of rotatable bonds is 5. The van der Waals surface area contributed by atoms with Crippen LogP contribution in [0.2, 0.25) is 18.1 Å². The summed E-state index contributed by atoms with van der Waals surface area (Å²) in [5.74, 6) is 0.328. The molecule has 0 rings (SSSR count). The van der Waals surface area contributed by atoms with Gasteiger partial charge in [-0.1, -0.05) is 20.8 Å². The minimum Gasteiger partial charge on any atom is -0.445 e. The summed E-state index contributed by atoms with van der Waals surface area (Å²) in [5, 5.41) is 0.102. The molecule has 0 fully saturated rings. The Kier molecular flexibility index (Phi) is 9.59. The van der Waals surface area contributed by atoms with Crippen LogP contribution < -0.4 is 51.4 Å². The van der Waals surface area contributed by atoms with Crippen molar-refractivity contribution in [3.05, 3.63) is 12.1 Å². The Morgan fingerprint density at radius 1 is 1.18 bits per heavy atom. The van der Waals surface area contributed by atoms with Gasteiger partial charge in [-0.3, -0.25) is 0 Å². The molecule has 0 heterocycles. The summed E-state index contributed by atoms with van der Waals surface area (Å²) in [6.07, 6.45) is 1.47. The quantitative estimate of drug-likeness (QED) is 0.549. The predicted molar refractivity (Wildman–Crippen MR) is 66.0 cm³/mol. The van der Waals surface area contributed by atoms with Crippen LogP contribution in [0.1, 0.15) is 27.2 Å². The van der Waals surface area contributed by atoms with E-state index in [-0.39, 0.29) is 56.4 Å². The summed E-state index contributed by atoms with van der Waals surface area (Å²) >= 11 is 0. The van der Waals surface area contributed by atoms with Crippen molar-refractivity contribution in [2.24, 2.45) is 0 Å². The van der Waals surface area contributed by atoms with Crippen LogP contribution in [0.5, 0.6) is 0 Å². The van der Waals surface area contributed by atoms with Crippen LogP contribution in [0.15, 0.2) is 12.1 Å². The summed E-state index contributed by atoms with van der Waals surface area (Å²) in [5.41, 5.74) is 0. The molecule has 17 heavy (non-hydrogen) atoms. The Labute approximate surface area is 146 Å². The summed E-state index contributed by atoms with van der Waals surface area (Å²) in [6, 6.07) is 0. The standard InChI is InChI=1S/C10H21BF3OSi.K/c1-10(2,3)16(4,5)15-9-7-6-8-11(12,13)14;/h6,8H,7,9H2,1-5H3;/q-1;+1/b8-6+;. The maximum Gasteiger partial charge on any atom is 1.00 e. The van der Waals surface area contributed by atoms with E-state index in [0.29, 0.717) is 19.0 Å². The fraction of sp³-hybridized carbons (Fsp3) is 0.800. The van der Waals surface area contributed by atoms with Gasteiger partial charge in [0.1, 0.15) is 0 Å². The van der Waals surface area contributed by atoms with Crippen molar-refractivity contribution in [3.8, 4) is 0 Å². The van der Waals surface area contributed by atoms with Gasteiger partial charge in [0.15, 0.2) is 8.32 Å². The van der Waals surface area contributed by atoms with Crippen LogP contribution in [-0.2, 0) is 4.43 Å². The van der Waals surface area contributed by atoms with Gasteiger partial charge >= 0.3 is 58.4 Å². The van der Waals surface area contributed by atoms with Crippen molar-refractivity contribution >= 4 is 15.3 Å². The van der Waals surface area contributed by atoms with Crippen molar-refractivity contribution in [3.63, 3.8) is 0 Å². The van der Waals surface area contributed by atoms with E-state index in [1.54, 1.807) is 0 Å². The molecule has 0 saturated heterocycles. The first-order chi connectivity index (χ1) is 6.96. The normalized spacial score (nSPS) is 13.9. The smallest absolute Gasteiger partial charge is 0.445 e. The molecule has 0 spiro atoms. The van der Waals surface area contributed by atoms with Crippen molar-refractivity contribution in [2.45, 2.75) is 45.3 Å². The van der Waals surface area contributed by atoms with E-state index in [1.807, 2.05) is 0 Å². The van der Waals surface area contributed by atoms with Gasteiger partial charge in [0.25, 0.3) is 0 Å². The van der Waals surface area contributed by atoms with Crippen LogP contribution in [0.3, 0.4) is 0 Å². The minimum absolute atomic E-state index is 0. The van der Waals surface area contributed by atoms with Gasteiger partial charge < -0.3 is 17.4 Å². The zero-order chi connectivity index (χ0) is 13.0. The first-order valence-electron chi connectivity index (χ1n) is 5.47. The van der Waals surface area contributed by atoms with Crippen LogP contribution in [-0.4, -0.2) is 21.9 Å². The average Bonchev–Trinajstić information content (AvgIpc) is 1.98. The largest absolute Gasteiger partial charge is 1.00 e. The Morgan fingerprint density at radius 2 is 1.65 bits per heavy atom. The summed E-state index contributed by atoms with van der Waals surface area (Å²) in [4.78, 5) is 0. The molecule has 0 radical (unpaired) electrons. The molecular formula is C10H21BF3KOSi. The van der Waals surface area contributed by atoms with E-state index in [9.17, 15) is 12.9 Å². The zero-order valence-corrected chi connectivity index (χ0v) is 15.8. The average molecular weight is 292 g/mol. The molecule has 0 aliphatic rings. The molecule has 1 nitrogen and oxygen atoms in total. The van der Waals surface area contributed by atoms with Crippen LogP contribution >= 0.6 is 0 Å². The molecule has 0 bridgehead atoms. The molecule has 7 heteroatoms. The maximum atomic E-state index is 11.8. The number of halogens is 3. The number of hydrogen-bond donors (Lipinski definition) is 0. The van der Waals surface area contributed by atoms with Gasteiger partial charge in [-0.2, -0.15) is 0 Å². The first kappa shape index (κ1) is 20.7. The van der Waals surface area contributed by atoms with Gasteiger partial charge in [0, 0.05) is 6.61 Å². The van der Waals surface area contributed by atoms with Crippen molar-refractivity contribution in [2.75, 3.05) is 6.61 Å². The van der Waals surface area contributed by atoms with Crippen molar-refractivity contribution in [1.29, 1.82) is 0 Å². The molecule has 0 aliphatic heterocycles. The summed E-state index contributed by atoms with van der Waals surface area (Å²) in [7, 11) is -1.81. The van der Waals surface area contributed by atoms with E-state index >= 15 is 0 Å².